The number of carboxylic acid groups (broad SMARTS) is 1. The van der Waals surface area contributed by atoms with E-state index in [-0.39, 0.29) is 61.0 Å². The first kappa shape index (κ1) is 52.1. The van der Waals surface area contributed by atoms with E-state index in [4.69, 9.17) is 28.4 Å². The van der Waals surface area contributed by atoms with E-state index < -0.39 is 125 Å². The van der Waals surface area contributed by atoms with Crippen molar-refractivity contribution in [3.8, 4) is 0 Å². The van der Waals surface area contributed by atoms with Crippen molar-refractivity contribution in [2.24, 2.45) is 16.7 Å². The van der Waals surface area contributed by atoms with E-state index in [0.717, 1.165) is 13.8 Å². The number of amides is 1. The van der Waals surface area contributed by atoms with Gasteiger partial charge in [-0.1, -0.05) is 80.6 Å². The number of carbonyl (C=O) groups excluding carboxylic acids is 7. The number of carbonyl (C=O) groups is 8. The number of aliphatic hydroxyl groups is 2. The second-order valence-electron chi connectivity index (χ2n) is 19.4. The summed E-state index contributed by atoms with van der Waals surface area (Å²) < 4.78 is 36.6. The third-order valence-corrected chi connectivity index (χ3v) is 14.7. The highest BCUT2D eigenvalue weighted by Crippen LogP contribution is 2.64. The second kappa shape index (κ2) is 20.5. The summed E-state index contributed by atoms with van der Waals surface area (Å²) in [4.78, 5) is 110. The van der Waals surface area contributed by atoms with Crippen LogP contribution in [0.3, 0.4) is 0 Å². The topological polar surface area (TPSA) is 265 Å². The number of aliphatic hydroxyl groups excluding tert-OH is 1. The van der Waals surface area contributed by atoms with Crippen LogP contribution >= 0.6 is 0 Å². The van der Waals surface area contributed by atoms with Crippen molar-refractivity contribution in [3.05, 3.63) is 119 Å². The standard InChI is InChI=1S/C53H59NO17/c1-29-35(68-49(64)43(69-39(60)25-17-16-24-38(58)59)41(32-18-10-7-11-19-32)54-47(62)33-20-12-8-13-21-33)27-53(65)46(70-48(63)34-22-14-9-15-23-34)44-51(6,36(57)26-37-52(44,28-66-37)71-31(3)56)45(61)42(67-30(2)55)40(29)50(53,4)5/h7-15,18-23,35-37,41-44,46,57,65H,16-17,24-28H2,1-6H3,(H,54,62)(H,58,59)/t35-,36-,37+,41-,42+,43+,44?,46?,51+,52-,53+/m0/s1. The van der Waals surface area contributed by atoms with Gasteiger partial charge in [0.15, 0.2) is 17.5 Å². The van der Waals surface area contributed by atoms with E-state index in [2.05, 4.69) is 5.32 Å². The highest BCUT2D eigenvalue weighted by molar-refractivity contribution is 5.96. The molecular formula is C53H59NO17. The molecule has 378 valence electrons. The third kappa shape index (κ3) is 9.84. The Balaban J connectivity index is 1.40. The summed E-state index contributed by atoms with van der Waals surface area (Å²) in [5.41, 5.74) is -7.60. The number of carboxylic acids is 1. The summed E-state index contributed by atoms with van der Waals surface area (Å²) in [5, 5.41) is 38.1. The number of ether oxygens (including phenoxy) is 6. The minimum Gasteiger partial charge on any atom is -0.481 e. The molecule has 71 heavy (non-hydrogen) atoms. The van der Waals surface area contributed by atoms with E-state index >= 15 is 9.59 Å². The largest absolute Gasteiger partial charge is 0.481 e. The van der Waals surface area contributed by atoms with Gasteiger partial charge in [0.05, 0.1) is 29.6 Å². The molecule has 1 heterocycles. The van der Waals surface area contributed by atoms with Crippen molar-refractivity contribution in [1.29, 1.82) is 0 Å². The van der Waals surface area contributed by atoms with Gasteiger partial charge >= 0.3 is 35.8 Å². The fraction of sp³-hybridized carbons (Fsp3) is 0.472. The minimum atomic E-state index is -2.48. The lowest BCUT2D eigenvalue weighted by atomic mass is 9.44. The van der Waals surface area contributed by atoms with Gasteiger partial charge in [0.2, 0.25) is 6.10 Å². The molecule has 2 saturated carbocycles. The molecule has 4 N–H and O–H groups in total. The van der Waals surface area contributed by atoms with Crippen molar-refractivity contribution < 1.29 is 82.1 Å². The van der Waals surface area contributed by atoms with E-state index in [0.29, 0.717) is 5.56 Å². The summed E-state index contributed by atoms with van der Waals surface area (Å²) in [6.45, 7) is 7.78. The van der Waals surface area contributed by atoms with E-state index in [1.54, 1.807) is 66.7 Å². The molecule has 2 unspecified atom stereocenters. The number of unbranched alkanes of at least 4 members (excludes halogenated alkanes) is 1. The number of benzene rings is 3. The molecule has 18 nitrogen and oxygen atoms in total. The molecule has 18 heteroatoms. The van der Waals surface area contributed by atoms with E-state index in [1.165, 1.54) is 52.0 Å². The van der Waals surface area contributed by atoms with Crippen LogP contribution in [0, 0.1) is 16.7 Å². The van der Waals surface area contributed by atoms with Crippen LogP contribution in [0.1, 0.15) is 112 Å². The summed E-state index contributed by atoms with van der Waals surface area (Å²) in [6, 6.07) is 22.5. The second-order valence-corrected chi connectivity index (χ2v) is 19.4. The van der Waals surface area contributed by atoms with Gasteiger partial charge in [0, 0.05) is 50.5 Å². The van der Waals surface area contributed by atoms with Crippen LogP contribution in [-0.2, 0) is 57.2 Å². The number of nitrogens with one attached hydrogen (secondary N) is 1. The Kier molecular flexibility index (Phi) is 15.1. The van der Waals surface area contributed by atoms with Crippen LogP contribution in [0.5, 0.6) is 0 Å². The highest BCUT2D eigenvalue weighted by Gasteiger charge is 2.78. The average Bonchev–Trinajstić information content (AvgIpc) is 3.32. The van der Waals surface area contributed by atoms with Gasteiger partial charge < -0.3 is 49.1 Å². The highest BCUT2D eigenvalue weighted by atomic mass is 16.6. The Labute approximate surface area is 410 Å². The molecule has 3 aromatic rings. The quantitative estimate of drug-likeness (QED) is 0.0641. The maximum atomic E-state index is 15.7. The normalized spacial score (nSPS) is 29.2. The molecular weight excluding hydrogens is 923 g/mol. The molecule has 4 aliphatic rings. The average molecular weight is 982 g/mol. The number of ketones is 1. The first-order chi connectivity index (χ1) is 33.6. The Morgan fingerprint density at radius 3 is 1.96 bits per heavy atom. The fourth-order valence-electron chi connectivity index (χ4n) is 11.0. The van der Waals surface area contributed by atoms with Crippen LogP contribution in [0.2, 0.25) is 0 Å². The number of hydrogen-bond donors (Lipinski definition) is 4. The zero-order valence-electron chi connectivity index (χ0n) is 40.3. The van der Waals surface area contributed by atoms with Gasteiger partial charge in [0.25, 0.3) is 5.91 Å². The summed E-state index contributed by atoms with van der Waals surface area (Å²) >= 11 is 0. The molecule has 7 rings (SSSR count). The maximum Gasteiger partial charge on any atom is 0.350 e. The molecule has 1 amide bonds. The predicted molar refractivity (Wildman–Crippen MR) is 248 cm³/mol. The lowest BCUT2D eigenvalue weighted by Gasteiger charge is -2.67. The molecule has 0 radical (unpaired) electrons. The van der Waals surface area contributed by atoms with Crippen molar-refractivity contribution in [3.63, 3.8) is 0 Å². The smallest absolute Gasteiger partial charge is 0.350 e. The Morgan fingerprint density at radius 2 is 1.39 bits per heavy atom. The van der Waals surface area contributed by atoms with Crippen LogP contribution < -0.4 is 5.32 Å². The van der Waals surface area contributed by atoms with Gasteiger partial charge in [-0.15, -0.1) is 0 Å². The van der Waals surface area contributed by atoms with Crippen molar-refractivity contribution in [2.75, 3.05) is 6.61 Å². The van der Waals surface area contributed by atoms with E-state index in [1.807, 2.05) is 0 Å². The van der Waals surface area contributed by atoms with Crippen LogP contribution in [-0.4, -0.2) is 117 Å². The summed E-state index contributed by atoms with van der Waals surface area (Å²) in [6.07, 6.45) is -11.3. The van der Waals surface area contributed by atoms with Crippen molar-refractivity contribution >= 4 is 47.5 Å². The van der Waals surface area contributed by atoms with Crippen LogP contribution in [0.15, 0.2) is 102 Å². The molecule has 0 aromatic heterocycles. The molecule has 3 fully saturated rings. The number of aliphatic carboxylic acids is 1. The molecule has 11 atom stereocenters. The molecule has 0 spiro atoms. The van der Waals surface area contributed by atoms with Gasteiger partial charge in [-0.25, -0.2) is 9.59 Å². The number of rotatable bonds is 16. The first-order valence-corrected chi connectivity index (χ1v) is 23.5. The van der Waals surface area contributed by atoms with Crippen molar-refractivity contribution in [2.45, 2.75) is 134 Å². The summed E-state index contributed by atoms with van der Waals surface area (Å²) in [7, 11) is 0. The van der Waals surface area contributed by atoms with E-state index in [9.17, 15) is 44.1 Å². The van der Waals surface area contributed by atoms with Gasteiger partial charge in [0.1, 0.15) is 30.0 Å². The van der Waals surface area contributed by atoms with Crippen molar-refractivity contribution in [1.82, 2.24) is 5.32 Å². The number of esters is 5. The zero-order chi connectivity index (χ0) is 51.6. The summed E-state index contributed by atoms with van der Waals surface area (Å²) in [5.74, 6) is -9.17. The molecule has 3 aliphatic carbocycles. The molecule has 3 aromatic carbocycles. The van der Waals surface area contributed by atoms with Gasteiger partial charge in [-0.05, 0) is 67.7 Å². The predicted octanol–water partition coefficient (Wildman–Crippen LogP) is 4.93. The monoisotopic (exact) mass is 981 g/mol. The number of Topliss-reactive ketones (excluding diaryl/α,β-unsaturated/α-hetero) is 1. The fourth-order valence-corrected chi connectivity index (χ4v) is 11.0. The minimum absolute atomic E-state index is 0.0314. The molecule has 1 saturated heterocycles. The van der Waals surface area contributed by atoms with Crippen LogP contribution in [0.4, 0.5) is 0 Å². The lowest BCUT2D eigenvalue weighted by molar-refractivity contribution is -0.346. The molecule has 2 bridgehead atoms. The van der Waals surface area contributed by atoms with Gasteiger partial charge in [-0.3, -0.25) is 28.8 Å². The SMILES string of the molecule is CC(=O)O[C@H]1C(=O)[C@@]2(C)C(C(OC(=O)c3ccccc3)[C@]3(O)C[C@H](OC(=O)[C@H](OC(=O)CCCCC(=O)O)[C@@H](NC(=O)c4ccccc4)c4ccccc4)C(C)=C1C3(C)C)[C@]1(OC(C)=O)CO[C@@H]1C[C@@H]2O. The number of fused-ring (bicyclic) bond motifs is 5. The third-order valence-electron chi connectivity index (χ3n) is 14.7. The Bertz CT molecular complexity index is 2580. The zero-order valence-corrected chi connectivity index (χ0v) is 40.3. The number of hydrogen-bond acceptors (Lipinski definition) is 16. The first-order valence-electron chi connectivity index (χ1n) is 23.5. The Hall–Kier alpha value is -6.76. The Morgan fingerprint density at radius 1 is 0.803 bits per heavy atom. The molecule has 1 aliphatic heterocycles. The van der Waals surface area contributed by atoms with Crippen LogP contribution in [0.25, 0.3) is 0 Å². The lowest BCUT2D eigenvalue weighted by Crippen LogP contribution is -2.82. The van der Waals surface area contributed by atoms with Gasteiger partial charge in [-0.2, -0.15) is 0 Å². The maximum absolute atomic E-state index is 15.7.